The van der Waals surface area contributed by atoms with Crippen molar-refractivity contribution < 1.29 is 0 Å². The van der Waals surface area contributed by atoms with Crippen LogP contribution in [0.5, 0.6) is 0 Å². The van der Waals surface area contributed by atoms with Crippen molar-refractivity contribution in [2.24, 2.45) is 0 Å². The third-order valence-corrected chi connectivity index (χ3v) is 9.99. The van der Waals surface area contributed by atoms with Gasteiger partial charge in [-0.1, -0.05) is 145 Å². The van der Waals surface area contributed by atoms with Crippen LogP contribution >= 0.6 is 0 Å². The summed E-state index contributed by atoms with van der Waals surface area (Å²) in [6.45, 7) is 4.59. The summed E-state index contributed by atoms with van der Waals surface area (Å²) < 4.78 is 0. The molecule has 1 aromatic rings. The summed E-state index contributed by atoms with van der Waals surface area (Å²) in [5.41, 5.74) is 1.50. The van der Waals surface area contributed by atoms with Crippen LogP contribution in [0.1, 0.15) is 122 Å². The molecule has 0 bridgehead atoms. The van der Waals surface area contributed by atoms with E-state index in [2.05, 4.69) is 68.5 Å². The van der Waals surface area contributed by atoms with Crippen molar-refractivity contribution in [3.63, 3.8) is 0 Å². The van der Waals surface area contributed by atoms with Crippen LogP contribution in [0.3, 0.4) is 0 Å². The minimum absolute atomic E-state index is 0.629. The second kappa shape index (κ2) is 24.1. The van der Waals surface area contributed by atoms with E-state index in [4.69, 9.17) is 0 Å². The fourth-order valence-electron chi connectivity index (χ4n) is 4.64. The molecule has 0 heterocycles. The molecule has 33 heavy (non-hydrogen) atoms. The van der Waals surface area contributed by atoms with E-state index in [0.717, 1.165) is 0 Å². The zero-order chi connectivity index (χ0) is 23.7. The lowest BCUT2D eigenvalue weighted by Crippen LogP contribution is -2.09. The van der Waals surface area contributed by atoms with Gasteiger partial charge in [-0.2, -0.15) is 0 Å². The third kappa shape index (κ3) is 20.0. The van der Waals surface area contributed by atoms with Gasteiger partial charge in [0, 0.05) is 8.80 Å². The first kappa shape index (κ1) is 29.9. The molecule has 0 N–H and O–H groups in total. The second-order valence-electron chi connectivity index (χ2n) is 10.1. The molecule has 1 aromatic carbocycles. The third-order valence-electron chi connectivity index (χ3n) is 6.89. The first-order valence-corrected chi connectivity index (χ1v) is 17.2. The molecule has 1 heteroatoms. The molecule has 188 valence electrons. The van der Waals surface area contributed by atoms with Gasteiger partial charge in [0.15, 0.2) is 0 Å². The quantitative estimate of drug-likeness (QED) is 0.0850. The lowest BCUT2D eigenvalue weighted by Gasteiger charge is -2.11. The van der Waals surface area contributed by atoms with Gasteiger partial charge in [0.05, 0.1) is 0 Å². The highest BCUT2D eigenvalue weighted by Gasteiger charge is 2.07. The van der Waals surface area contributed by atoms with Gasteiger partial charge in [0.2, 0.25) is 0 Å². The Morgan fingerprint density at radius 3 is 1.61 bits per heavy atom. The molecule has 0 unspecified atom stereocenters. The molecule has 0 spiro atoms. The zero-order valence-electron chi connectivity index (χ0n) is 22.4. The first-order chi connectivity index (χ1) is 16.4. The van der Waals surface area contributed by atoms with Crippen LogP contribution in [0, 0.1) is 0 Å². The van der Waals surface area contributed by atoms with Gasteiger partial charge in [-0.15, -0.1) is 0 Å². The average molecular weight is 469 g/mol. The molecule has 0 saturated heterocycles. The van der Waals surface area contributed by atoms with Gasteiger partial charge in [-0.3, -0.25) is 0 Å². The normalized spacial score (nSPS) is 12.8. The van der Waals surface area contributed by atoms with Crippen molar-refractivity contribution in [2.75, 3.05) is 0 Å². The Morgan fingerprint density at radius 1 is 0.545 bits per heavy atom. The number of hydrogen-bond donors (Lipinski definition) is 0. The van der Waals surface area contributed by atoms with Crippen LogP contribution in [0.4, 0.5) is 0 Å². The average Bonchev–Trinajstić information content (AvgIpc) is 2.84. The Balaban J connectivity index is 2.10. The van der Waals surface area contributed by atoms with Crippen molar-refractivity contribution in [3.05, 3.63) is 60.2 Å². The molecular formula is C32H56Si. The number of allylic oxidation sites excluding steroid dienone is 4. The lowest BCUT2D eigenvalue weighted by molar-refractivity contribution is 0.575. The number of unbranched alkanes of at least 4 members (excludes halogenated alkanes) is 13. The van der Waals surface area contributed by atoms with Gasteiger partial charge in [0.1, 0.15) is 0 Å². The van der Waals surface area contributed by atoms with Crippen LogP contribution in [0.2, 0.25) is 18.1 Å². The lowest BCUT2D eigenvalue weighted by atomic mass is 10.0. The van der Waals surface area contributed by atoms with E-state index in [1.165, 1.54) is 127 Å². The number of rotatable bonds is 23. The molecule has 0 fully saturated rings. The summed E-state index contributed by atoms with van der Waals surface area (Å²) in [7, 11) is -0.629. The maximum absolute atomic E-state index is 2.55. The number of aryl methyl sites for hydroxylation is 1. The van der Waals surface area contributed by atoms with Crippen molar-refractivity contribution in [3.8, 4) is 0 Å². The van der Waals surface area contributed by atoms with E-state index in [0.29, 0.717) is 0 Å². The molecule has 0 aromatic heterocycles. The summed E-state index contributed by atoms with van der Waals surface area (Å²) in [6, 6.07) is 15.4. The predicted molar refractivity (Wildman–Crippen MR) is 155 cm³/mol. The topological polar surface area (TPSA) is 0 Å². The van der Waals surface area contributed by atoms with Crippen LogP contribution in [0.15, 0.2) is 54.6 Å². The standard InChI is InChI=1S/C32H56Si/c1-3-5-7-9-16-23-29-33(30-24-17-10-8-6-4-2)31-25-18-14-12-11-13-15-20-26-32-27-21-19-22-28-32/h16-17,19,21-24,27-28,33H,3-15,18,20,25-26,29-31H2,1-2H3. The van der Waals surface area contributed by atoms with E-state index in [9.17, 15) is 0 Å². The minimum atomic E-state index is -0.629. The zero-order valence-corrected chi connectivity index (χ0v) is 23.6. The number of benzene rings is 1. The maximum Gasteiger partial charge on any atom is 0.0443 e. The maximum atomic E-state index is 2.55. The van der Waals surface area contributed by atoms with Crippen LogP contribution in [0.25, 0.3) is 0 Å². The van der Waals surface area contributed by atoms with Gasteiger partial charge in [-0.05, 0) is 56.2 Å². The summed E-state index contributed by atoms with van der Waals surface area (Å²) in [5.74, 6) is 0. The van der Waals surface area contributed by atoms with Gasteiger partial charge >= 0.3 is 0 Å². The molecule has 0 aliphatic carbocycles. The Labute approximate surface area is 210 Å². The molecule has 0 aliphatic heterocycles. The Morgan fingerprint density at radius 2 is 1.06 bits per heavy atom. The van der Waals surface area contributed by atoms with Crippen LogP contribution in [-0.4, -0.2) is 8.80 Å². The van der Waals surface area contributed by atoms with E-state index >= 15 is 0 Å². The molecule has 0 saturated carbocycles. The fraction of sp³-hybridized carbons (Fsp3) is 0.688. The van der Waals surface area contributed by atoms with Crippen molar-refractivity contribution in [1.82, 2.24) is 0 Å². The molecule has 0 nitrogen and oxygen atoms in total. The first-order valence-electron chi connectivity index (χ1n) is 14.7. The summed E-state index contributed by atoms with van der Waals surface area (Å²) >= 11 is 0. The minimum Gasteiger partial charge on any atom is -0.0914 e. The molecule has 0 atom stereocenters. The van der Waals surface area contributed by atoms with E-state index in [1.807, 2.05) is 0 Å². The largest absolute Gasteiger partial charge is 0.0914 e. The van der Waals surface area contributed by atoms with E-state index in [-0.39, 0.29) is 0 Å². The van der Waals surface area contributed by atoms with Crippen molar-refractivity contribution in [1.29, 1.82) is 0 Å². The fourth-order valence-corrected chi connectivity index (χ4v) is 7.32. The summed E-state index contributed by atoms with van der Waals surface area (Å²) in [4.78, 5) is 0. The van der Waals surface area contributed by atoms with Crippen LogP contribution < -0.4 is 0 Å². The molecule has 0 radical (unpaired) electrons. The SMILES string of the molecule is CCCCCC=CC[SiH](CC=CCCCCC)CCCCCCCCCCc1ccccc1. The van der Waals surface area contributed by atoms with Gasteiger partial charge < -0.3 is 0 Å². The van der Waals surface area contributed by atoms with Crippen LogP contribution in [-0.2, 0) is 6.42 Å². The smallest absolute Gasteiger partial charge is 0.0443 e. The summed E-state index contributed by atoms with van der Waals surface area (Å²) in [6.07, 6.45) is 33.6. The molecular weight excluding hydrogens is 412 g/mol. The Hall–Kier alpha value is -1.08. The number of hydrogen-bond acceptors (Lipinski definition) is 0. The monoisotopic (exact) mass is 468 g/mol. The molecule has 0 amide bonds. The van der Waals surface area contributed by atoms with Gasteiger partial charge in [0.25, 0.3) is 0 Å². The Bertz CT molecular complexity index is 537. The second-order valence-corrected chi connectivity index (χ2v) is 13.4. The molecule has 0 aliphatic rings. The highest BCUT2D eigenvalue weighted by Crippen LogP contribution is 2.17. The van der Waals surface area contributed by atoms with Crippen molar-refractivity contribution >= 4 is 8.80 Å². The predicted octanol–water partition coefficient (Wildman–Crippen LogP) is 10.8. The Kier molecular flexibility index (Phi) is 21.8. The van der Waals surface area contributed by atoms with E-state index < -0.39 is 8.80 Å². The van der Waals surface area contributed by atoms with Crippen molar-refractivity contribution in [2.45, 2.75) is 141 Å². The van der Waals surface area contributed by atoms with Gasteiger partial charge in [-0.25, -0.2) is 0 Å². The summed E-state index contributed by atoms with van der Waals surface area (Å²) in [5, 5.41) is 0. The van der Waals surface area contributed by atoms with E-state index in [1.54, 1.807) is 6.04 Å². The molecule has 1 rings (SSSR count). The highest BCUT2D eigenvalue weighted by molar-refractivity contribution is 6.59. The highest BCUT2D eigenvalue weighted by atomic mass is 28.3.